The van der Waals surface area contributed by atoms with Crippen molar-refractivity contribution in [2.45, 2.75) is 63.3 Å². The van der Waals surface area contributed by atoms with Gasteiger partial charge in [0, 0.05) is 37.8 Å². The summed E-state index contributed by atoms with van der Waals surface area (Å²) < 4.78 is 72.1. The van der Waals surface area contributed by atoms with Crippen LogP contribution in [0.1, 0.15) is 51.0 Å². The molecule has 0 spiro atoms. The number of hydrogen-bond acceptors (Lipinski definition) is 5. The van der Waals surface area contributed by atoms with Crippen molar-refractivity contribution in [1.29, 1.82) is 0 Å². The molecule has 10 heteroatoms. The maximum absolute atomic E-state index is 14.7. The Bertz CT molecular complexity index is 942. The molecule has 0 N–H and O–H groups in total. The number of benzene rings is 1. The van der Waals surface area contributed by atoms with Crippen LogP contribution in [0.25, 0.3) is 0 Å². The zero-order valence-corrected chi connectivity index (χ0v) is 19.2. The third-order valence-corrected chi connectivity index (χ3v) is 9.52. The van der Waals surface area contributed by atoms with Gasteiger partial charge in [-0.1, -0.05) is 19.4 Å². The van der Waals surface area contributed by atoms with E-state index in [1.807, 2.05) is 6.92 Å². The summed E-state index contributed by atoms with van der Waals surface area (Å²) in [6, 6.07) is 4.52. The van der Waals surface area contributed by atoms with Crippen molar-refractivity contribution in [2.24, 2.45) is 0 Å². The van der Waals surface area contributed by atoms with E-state index in [0.29, 0.717) is 56.6 Å². The first-order valence-electron chi connectivity index (χ1n) is 10.5. The second-order valence-corrected chi connectivity index (χ2v) is 12.4. The van der Waals surface area contributed by atoms with Crippen LogP contribution in [-0.4, -0.2) is 62.7 Å². The van der Waals surface area contributed by atoms with Crippen LogP contribution in [0.5, 0.6) is 5.75 Å². The minimum Gasteiger partial charge on any atom is -0.490 e. The monoisotopic (exact) mass is 462 g/mol. The van der Waals surface area contributed by atoms with Crippen LogP contribution in [0.15, 0.2) is 18.2 Å². The van der Waals surface area contributed by atoms with Gasteiger partial charge in [-0.05, 0) is 38.2 Å². The SMILES string of the molecule is CCCC1CCCN(Cc2ccc(OC3CCN(S(C)(=O)=O)CC3)cc2F)S1(=O)=O. The van der Waals surface area contributed by atoms with Gasteiger partial charge in [-0.3, -0.25) is 0 Å². The van der Waals surface area contributed by atoms with Crippen molar-refractivity contribution < 1.29 is 26.0 Å². The summed E-state index contributed by atoms with van der Waals surface area (Å²) in [6.45, 7) is 3.18. The molecule has 2 fully saturated rings. The fraction of sp³-hybridized carbons (Fsp3) is 0.700. The number of piperidine rings is 1. The van der Waals surface area contributed by atoms with Gasteiger partial charge >= 0.3 is 0 Å². The number of ether oxygens (including phenoxy) is 1. The third kappa shape index (κ3) is 5.52. The maximum atomic E-state index is 14.7. The minimum absolute atomic E-state index is 0.0292. The Labute approximate surface area is 179 Å². The van der Waals surface area contributed by atoms with Gasteiger partial charge in [-0.15, -0.1) is 0 Å². The van der Waals surface area contributed by atoms with Gasteiger partial charge in [0.1, 0.15) is 17.7 Å². The second kappa shape index (κ2) is 9.50. The predicted molar refractivity (Wildman–Crippen MR) is 114 cm³/mol. The quantitative estimate of drug-likeness (QED) is 0.622. The molecule has 1 atom stereocenters. The van der Waals surface area contributed by atoms with E-state index in [1.54, 1.807) is 12.1 Å². The molecule has 2 saturated heterocycles. The summed E-state index contributed by atoms with van der Waals surface area (Å²) in [7, 11) is -6.61. The Morgan fingerprint density at radius 3 is 2.47 bits per heavy atom. The molecule has 3 rings (SSSR count). The molecule has 0 radical (unpaired) electrons. The van der Waals surface area contributed by atoms with E-state index in [2.05, 4.69) is 0 Å². The number of halogens is 1. The molecule has 0 aromatic heterocycles. The van der Waals surface area contributed by atoms with E-state index in [9.17, 15) is 21.2 Å². The summed E-state index contributed by atoms with van der Waals surface area (Å²) in [5, 5.41) is -0.375. The lowest BCUT2D eigenvalue weighted by Gasteiger charge is -2.32. The minimum atomic E-state index is -3.41. The third-order valence-electron chi connectivity index (χ3n) is 5.87. The van der Waals surface area contributed by atoms with Crippen LogP contribution in [0.4, 0.5) is 4.39 Å². The Morgan fingerprint density at radius 2 is 1.87 bits per heavy atom. The van der Waals surface area contributed by atoms with E-state index in [0.717, 1.165) is 12.8 Å². The molecule has 7 nitrogen and oxygen atoms in total. The highest BCUT2D eigenvalue weighted by Crippen LogP contribution is 2.28. The molecule has 0 saturated carbocycles. The Morgan fingerprint density at radius 1 is 1.17 bits per heavy atom. The number of hydrogen-bond donors (Lipinski definition) is 0. The maximum Gasteiger partial charge on any atom is 0.217 e. The molecular formula is C20H31FN2O5S2. The van der Waals surface area contributed by atoms with E-state index < -0.39 is 25.9 Å². The van der Waals surface area contributed by atoms with Gasteiger partial charge in [-0.2, -0.15) is 4.31 Å². The van der Waals surface area contributed by atoms with Crippen LogP contribution < -0.4 is 4.74 Å². The Balaban J connectivity index is 1.62. The first kappa shape index (κ1) is 23.4. The fourth-order valence-electron chi connectivity index (χ4n) is 4.16. The summed E-state index contributed by atoms with van der Waals surface area (Å²) >= 11 is 0. The first-order valence-corrected chi connectivity index (χ1v) is 13.9. The average Bonchev–Trinajstić information content (AvgIpc) is 2.67. The number of nitrogens with zero attached hydrogens (tertiary/aromatic N) is 2. The van der Waals surface area contributed by atoms with Crippen molar-refractivity contribution in [3.63, 3.8) is 0 Å². The molecule has 0 bridgehead atoms. The molecule has 2 aliphatic heterocycles. The largest absolute Gasteiger partial charge is 0.490 e. The topological polar surface area (TPSA) is 84.0 Å². The zero-order chi connectivity index (χ0) is 21.9. The van der Waals surface area contributed by atoms with Crippen LogP contribution in [0.3, 0.4) is 0 Å². The van der Waals surface area contributed by atoms with E-state index in [-0.39, 0.29) is 17.9 Å². The van der Waals surface area contributed by atoms with Gasteiger partial charge in [0.2, 0.25) is 20.0 Å². The molecule has 1 aromatic carbocycles. The van der Waals surface area contributed by atoms with Crippen molar-refractivity contribution in [1.82, 2.24) is 8.61 Å². The van der Waals surface area contributed by atoms with Gasteiger partial charge in [-0.25, -0.2) is 25.5 Å². The van der Waals surface area contributed by atoms with E-state index in [1.165, 1.54) is 20.9 Å². The highest BCUT2D eigenvalue weighted by molar-refractivity contribution is 7.89. The smallest absolute Gasteiger partial charge is 0.217 e. The van der Waals surface area contributed by atoms with Crippen LogP contribution >= 0.6 is 0 Å². The summed E-state index contributed by atoms with van der Waals surface area (Å²) in [5.41, 5.74) is 0.329. The van der Waals surface area contributed by atoms with E-state index in [4.69, 9.17) is 4.74 Å². The lowest BCUT2D eigenvalue weighted by molar-refractivity contribution is 0.135. The van der Waals surface area contributed by atoms with Gasteiger partial charge < -0.3 is 4.74 Å². The normalized spacial score (nSPS) is 24.0. The lowest BCUT2D eigenvalue weighted by Crippen LogP contribution is -2.43. The van der Waals surface area contributed by atoms with Gasteiger partial charge in [0.15, 0.2) is 0 Å². The molecular weight excluding hydrogens is 431 g/mol. The number of sulfonamides is 2. The predicted octanol–water partition coefficient (Wildman–Crippen LogP) is 2.72. The highest BCUT2D eigenvalue weighted by atomic mass is 32.2. The molecule has 0 aliphatic carbocycles. The first-order chi connectivity index (χ1) is 14.1. The molecule has 0 amide bonds. The Hall–Kier alpha value is -1.23. The molecule has 1 aromatic rings. The standard InChI is InChI=1S/C20H31FN2O5S2/c1-3-5-19-6-4-11-23(30(19,26)27)15-16-7-8-18(14-20(16)21)28-17-9-12-22(13-10-17)29(2,24)25/h7-8,14,17,19H,3-6,9-13,15H2,1-2H3. The van der Waals surface area contributed by atoms with E-state index >= 15 is 0 Å². The number of rotatable bonds is 7. The molecule has 170 valence electrons. The Kier molecular flexibility index (Phi) is 7.42. The summed E-state index contributed by atoms with van der Waals surface area (Å²) in [4.78, 5) is 0. The molecule has 1 unspecified atom stereocenters. The van der Waals surface area contributed by atoms with Gasteiger partial charge in [0.25, 0.3) is 0 Å². The highest BCUT2D eigenvalue weighted by Gasteiger charge is 2.35. The summed E-state index contributed by atoms with van der Waals surface area (Å²) in [5.74, 6) is -0.117. The fourth-order valence-corrected chi connectivity index (χ4v) is 7.16. The van der Waals surface area contributed by atoms with Crippen molar-refractivity contribution in [2.75, 3.05) is 25.9 Å². The van der Waals surface area contributed by atoms with Crippen LogP contribution in [0.2, 0.25) is 0 Å². The van der Waals surface area contributed by atoms with Crippen LogP contribution in [-0.2, 0) is 26.6 Å². The molecule has 2 aliphatic rings. The van der Waals surface area contributed by atoms with Gasteiger partial charge in [0.05, 0.1) is 11.5 Å². The zero-order valence-electron chi connectivity index (χ0n) is 17.6. The molecule has 2 heterocycles. The lowest BCUT2D eigenvalue weighted by atomic mass is 10.1. The van der Waals surface area contributed by atoms with Crippen molar-refractivity contribution in [3.05, 3.63) is 29.6 Å². The van der Waals surface area contributed by atoms with Crippen molar-refractivity contribution >= 4 is 20.0 Å². The summed E-state index contributed by atoms with van der Waals surface area (Å²) in [6.07, 6.45) is 5.00. The van der Waals surface area contributed by atoms with Crippen LogP contribution in [0, 0.1) is 5.82 Å². The second-order valence-electron chi connectivity index (χ2n) is 8.16. The van der Waals surface area contributed by atoms with Crippen molar-refractivity contribution in [3.8, 4) is 5.75 Å². The average molecular weight is 463 g/mol. The molecule has 30 heavy (non-hydrogen) atoms.